The van der Waals surface area contributed by atoms with E-state index in [1.165, 1.54) is 0 Å². The molecule has 0 fully saturated rings. The van der Waals surface area contributed by atoms with Crippen molar-refractivity contribution in [2.75, 3.05) is 49.9 Å². The Balaban J connectivity index is 0.00000337. The number of unbranched alkanes of at least 4 members (excludes halogenated alkanes) is 4. The van der Waals surface area contributed by atoms with Crippen molar-refractivity contribution in [1.29, 1.82) is 0 Å². The predicted molar refractivity (Wildman–Crippen MR) is 187 cm³/mol. The molecular formula is C30H43Cl3N8O4. The number of hydrogen-bond acceptors (Lipinski definition) is 9. The molecule has 2 aromatic carbocycles. The molecule has 248 valence electrons. The number of carbonyl (C=O) groups excluding carboxylic acids is 3. The van der Waals surface area contributed by atoms with Crippen LogP contribution in [0.4, 0.5) is 11.4 Å². The highest BCUT2D eigenvalue weighted by molar-refractivity contribution is 6.35. The molecule has 1 aliphatic rings. The summed E-state index contributed by atoms with van der Waals surface area (Å²) in [5, 5.41) is 10.0. The summed E-state index contributed by atoms with van der Waals surface area (Å²) in [6, 6.07) is 8.41. The Hall–Kier alpha value is -3.55. The standard InChI is InChI=1S/C30H40N8O4.3ClH/c31-11-5-1-7-13-35-24-20-17-21(29(41)37-15-16-38-30(33)34)42-28(20)25(36-14-8-2-6-12-32)23-22(24)26(39)18-9-3-4-10-19(18)27(23)40;;;/h3-4,9-10,17,35-36H,1-2,5-8,11-16,31-32H2,(H,37,41)(H4,33,34,38);3*1H. The topological polar surface area (TPSA) is 217 Å². The second-order valence-electron chi connectivity index (χ2n) is 10.2. The first-order chi connectivity index (χ1) is 20.4. The normalized spacial score (nSPS) is 11.3. The minimum absolute atomic E-state index is 0. The van der Waals surface area contributed by atoms with E-state index < -0.39 is 5.91 Å². The first kappa shape index (κ1) is 39.5. The van der Waals surface area contributed by atoms with Gasteiger partial charge in [0, 0.05) is 36.1 Å². The van der Waals surface area contributed by atoms with Gasteiger partial charge in [-0.3, -0.25) is 19.4 Å². The van der Waals surface area contributed by atoms with E-state index in [9.17, 15) is 14.4 Å². The fourth-order valence-corrected chi connectivity index (χ4v) is 5.09. The van der Waals surface area contributed by atoms with Crippen molar-refractivity contribution in [2.24, 2.45) is 27.9 Å². The Morgan fingerprint density at radius 1 is 0.756 bits per heavy atom. The number of carbonyl (C=O) groups is 3. The Labute approximate surface area is 281 Å². The number of ketones is 2. The Kier molecular flexibility index (Phi) is 16.7. The van der Waals surface area contributed by atoms with Crippen LogP contribution >= 0.6 is 37.2 Å². The van der Waals surface area contributed by atoms with E-state index in [0.29, 0.717) is 59.6 Å². The summed E-state index contributed by atoms with van der Waals surface area (Å²) < 4.78 is 6.14. The van der Waals surface area contributed by atoms with Gasteiger partial charge in [-0.1, -0.05) is 37.1 Å². The minimum atomic E-state index is -0.473. The summed E-state index contributed by atoms with van der Waals surface area (Å²) >= 11 is 0. The van der Waals surface area contributed by atoms with Gasteiger partial charge in [0.1, 0.15) is 0 Å². The third-order valence-corrected chi connectivity index (χ3v) is 7.13. The predicted octanol–water partition coefficient (Wildman–Crippen LogP) is 3.56. The number of rotatable bonds is 16. The highest BCUT2D eigenvalue weighted by atomic mass is 35.5. The molecule has 3 aromatic rings. The maximum Gasteiger partial charge on any atom is 0.287 e. The van der Waals surface area contributed by atoms with Crippen molar-refractivity contribution < 1.29 is 18.8 Å². The average Bonchev–Trinajstić information content (AvgIpc) is 3.43. The maximum absolute atomic E-state index is 14.0. The van der Waals surface area contributed by atoms with Gasteiger partial charge in [-0.2, -0.15) is 0 Å². The van der Waals surface area contributed by atoms with Gasteiger partial charge in [0.05, 0.1) is 29.0 Å². The van der Waals surface area contributed by atoms with E-state index in [1.807, 2.05) is 0 Å². The van der Waals surface area contributed by atoms with Gasteiger partial charge in [0.15, 0.2) is 28.9 Å². The molecule has 11 N–H and O–H groups in total. The van der Waals surface area contributed by atoms with E-state index in [1.54, 1.807) is 30.3 Å². The second-order valence-corrected chi connectivity index (χ2v) is 10.2. The number of amides is 1. The monoisotopic (exact) mass is 684 g/mol. The van der Waals surface area contributed by atoms with Crippen molar-refractivity contribution in [2.45, 2.75) is 38.5 Å². The molecule has 0 unspecified atom stereocenters. The molecule has 1 aliphatic carbocycles. The second kappa shape index (κ2) is 19.1. The van der Waals surface area contributed by atoms with Gasteiger partial charge in [0.2, 0.25) is 0 Å². The number of nitrogens with zero attached hydrogens (tertiary/aromatic N) is 1. The largest absolute Gasteiger partial charge is 0.449 e. The highest BCUT2D eigenvalue weighted by Gasteiger charge is 2.37. The van der Waals surface area contributed by atoms with Crippen LogP contribution in [0.1, 0.15) is 80.9 Å². The van der Waals surface area contributed by atoms with Crippen LogP contribution in [0.5, 0.6) is 0 Å². The van der Waals surface area contributed by atoms with Gasteiger partial charge in [-0.05, 0) is 44.8 Å². The fraction of sp³-hybridized carbons (Fsp3) is 0.400. The van der Waals surface area contributed by atoms with E-state index in [0.717, 1.165) is 38.5 Å². The number of halogens is 3. The zero-order valence-corrected chi connectivity index (χ0v) is 27.4. The highest BCUT2D eigenvalue weighted by Crippen LogP contribution is 2.44. The van der Waals surface area contributed by atoms with E-state index >= 15 is 0 Å². The third-order valence-electron chi connectivity index (χ3n) is 7.13. The Bertz CT molecular complexity index is 1400. The summed E-state index contributed by atoms with van der Waals surface area (Å²) in [6.07, 6.45) is 5.16. The number of furan rings is 1. The van der Waals surface area contributed by atoms with Gasteiger partial charge < -0.3 is 43.3 Å². The number of benzene rings is 2. The molecule has 0 atom stereocenters. The van der Waals surface area contributed by atoms with Gasteiger partial charge in [-0.15, -0.1) is 37.2 Å². The van der Waals surface area contributed by atoms with Crippen molar-refractivity contribution in [3.05, 3.63) is 58.3 Å². The molecule has 4 rings (SSSR count). The van der Waals surface area contributed by atoms with Gasteiger partial charge in [-0.25, -0.2) is 0 Å². The van der Waals surface area contributed by atoms with E-state index in [-0.39, 0.29) is 84.7 Å². The van der Waals surface area contributed by atoms with E-state index in [4.69, 9.17) is 27.4 Å². The molecular weight excluding hydrogens is 643 g/mol. The first-order valence-electron chi connectivity index (χ1n) is 14.4. The molecule has 1 heterocycles. The molecule has 12 nitrogen and oxygen atoms in total. The van der Waals surface area contributed by atoms with Gasteiger partial charge >= 0.3 is 0 Å². The van der Waals surface area contributed by atoms with Crippen LogP contribution in [-0.4, -0.2) is 62.7 Å². The van der Waals surface area contributed by atoms with Crippen LogP contribution in [0.2, 0.25) is 0 Å². The van der Waals surface area contributed by atoms with Crippen LogP contribution in [-0.2, 0) is 0 Å². The molecule has 0 saturated carbocycles. The lowest BCUT2D eigenvalue weighted by molar-refractivity contribution is 0.0928. The molecule has 45 heavy (non-hydrogen) atoms. The summed E-state index contributed by atoms with van der Waals surface area (Å²) in [7, 11) is 0. The van der Waals surface area contributed by atoms with Crippen molar-refractivity contribution >= 4 is 83.0 Å². The number of nitrogens with two attached hydrogens (primary N) is 4. The zero-order chi connectivity index (χ0) is 30.1. The molecule has 1 aromatic heterocycles. The molecule has 1 amide bonds. The lowest BCUT2D eigenvalue weighted by Crippen LogP contribution is -2.28. The molecule has 0 aliphatic heterocycles. The summed E-state index contributed by atoms with van der Waals surface area (Å²) in [5.74, 6) is -1.05. The molecule has 0 saturated heterocycles. The number of anilines is 2. The summed E-state index contributed by atoms with van der Waals surface area (Å²) in [4.78, 5) is 44.9. The van der Waals surface area contributed by atoms with Crippen molar-refractivity contribution in [1.82, 2.24) is 5.32 Å². The zero-order valence-electron chi connectivity index (χ0n) is 25.0. The number of hydrogen-bond donors (Lipinski definition) is 7. The summed E-state index contributed by atoms with van der Waals surface area (Å²) in [6.45, 7) is 2.65. The van der Waals surface area contributed by atoms with Crippen LogP contribution in [0.25, 0.3) is 11.0 Å². The third kappa shape index (κ3) is 9.24. The Morgan fingerprint density at radius 2 is 1.29 bits per heavy atom. The van der Waals surface area contributed by atoms with Crippen LogP contribution in [0, 0.1) is 0 Å². The smallest absolute Gasteiger partial charge is 0.287 e. The lowest BCUT2D eigenvalue weighted by atomic mass is 9.81. The fourth-order valence-electron chi connectivity index (χ4n) is 5.09. The lowest BCUT2D eigenvalue weighted by Gasteiger charge is -2.24. The number of aliphatic imine (C=N–C) groups is 1. The number of fused-ring (bicyclic) bond motifs is 3. The van der Waals surface area contributed by atoms with Crippen LogP contribution < -0.4 is 38.9 Å². The first-order valence-corrected chi connectivity index (χ1v) is 14.4. The number of guanidine groups is 1. The van der Waals surface area contributed by atoms with E-state index in [2.05, 4.69) is 20.9 Å². The van der Waals surface area contributed by atoms with Crippen molar-refractivity contribution in [3.63, 3.8) is 0 Å². The van der Waals surface area contributed by atoms with Crippen molar-refractivity contribution in [3.8, 4) is 0 Å². The Morgan fingerprint density at radius 3 is 1.82 bits per heavy atom. The quantitative estimate of drug-likeness (QED) is 0.0394. The van der Waals surface area contributed by atoms with Crippen LogP contribution in [0.15, 0.2) is 39.7 Å². The van der Waals surface area contributed by atoms with Crippen LogP contribution in [0.3, 0.4) is 0 Å². The average molecular weight is 686 g/mol. The molecule has 0 bridgehead atoms. The molecule has 0 radical (unpaired) electrons. The molecule has 0 spiro atoms. The SMILES string of the molecule is Cl.Cl.Cl.NCCCCCNc1c2c(c(NCCCCCN)c3oc(C(=O)NCCN=C(N)N)cc13)C(=O)c1ccccc1C2=O. The minimum Gasteiger partial charge on any atom is -0.449 e. The molecule has 15 heteroatoms. The van der Waals surface area contributed by atoms with Gasteiger partial charge in [0.25, 0.3) is 5.91 Å². The summed E-state index contributed by atoms with van der Waals surface area (Å²) in [5.41, 5.74) is 24.4. The number of nitrogens with one attached hydrogen (secondary N) is 3. The maximum atomic E-state index is 14.0.